The maximum Gasteiger partial charge on any atom is 0.222 e. The lowest BCUT2D eigenvalue weighted by Crippen LogP contribution is -2.23. The van der Waals surface area contributed by atoms with Gasteiger partial charge in [-0.3, -0.25) is 0 Å². The number of hydrogen-bond donors (Lipinski definition) is 1. The highest BCUT2D eigenvalue weighted by Crippen LogP contribution is 2.01. The maximum atomic E-state index is 11.0. The molecule has 7 heteroatoms. The van der Waals surface area contributed by atoms with Crippen molar-refractivity contribution in [2.45, 2.75) is 13.5 Å². The minimum atomic E-state index is -3.24. The van der Waals surface area contributed by atoms with Crippen LogP contribution in [0.2, 0.25) is 0 Å². The Hall–Kier alpha value is -0.400. The highest BCUT2D eigenvalue weighted by molar-refractivity contribution is 9.10. The number of sulfonamides is 1. The molecule has 0 aliphatic rings. The second-order valence-corrected chi connectivity index (χ2v) is 5.52. The SMILES string of the molecule is Cc1cnc(CNS(=O)(=O)CBr)o1. The highest BCUT2D eigenvalue weighted by Gasteiger charge is 2.08. The quantitative estimate of drug-likeness (QED) is 0.819. The number of oxazole rings is 1. The van der Waals surface area contributed by atoms with Crippen LogP contribution in [-0.2, 0) is 16.6 Å². The van der Waals surface area contributed by atoms with Crippen LogP contribution in [0.4, 0.5) is 0 Å². The molecule has 1 aromatic heterocycles. The second kappa shape index (κ2) is 4.21. The molecule has 0 spiro atoms. The molecule has 0 aliphatic carbocycles. The molecule has 0 atom stereocenters. The Bertz CT molecular complexity index is 373. The molecule has 0 bridgehead atoms. The van der Waals surface area contributed by atoms with Gasteiger partial charge in [-0.25, -0.2) is 18.1 Å². The standard InChI is InChI=1S/C6H9BrN2O3S/c1-5-2-8-6(12-5)3-9-13(10,11)4-7/h2,9H,3-4H2,1H3. The fourth-order valence-electron chi connectivity index (χ4n) is 0.693. The Morgan fingerprint density at radius 3 is 2.85 bits per heavy atom. The van der Waals surface area contributed by atoms with Gasteiger partial charge in [0.05, 0.1) is 12.7 Å². The Labute approximate surface area is 84.7 Å². The normalized spacial score (nSPS) is 11.8. The molecule has 0 radical (unpaired) electrons. The minimum Gasteiger partial charge on any atom is -0.445 e. The van der Waals surface area contributed by atoms with Gasteiger partial charge in [-0.1, -0.05) is 15.9 Å². The van der Waals surface area contributed by atoms with Crippen LogP contribution in [0, 0.1) is 6.92 Å². The number of aryl methyl sites for hydroxylation is 1. The topological polar surface area (TPSA) is 72.2 Å². The van der Waals surface area contributed by atoms with E-state index in [0.717, 1.165) is 0 Å². The van der Waals surface area contributed by atoms with Crippen LogP contribution in [-0.4, -0.2) is 18.1 Å². The monoisotopic (exact) mass is 268 g/mol. The molecule has 1 aromatic rings. The smallest absolute Gasteiger partial charge is 0.222 e. The van der Waals surface area contributed by atoms with Gasteiger partial charge in [0.1, 0.15) is 10.4 Å². The van der Waals surface area contributed by atoms with Gasteiger partial charge in [0, 0.05) is 0 Å². The van der Waals surface area contributed by atoms with Crippen molar-refractivity contribution in [3.05, 3.63) is 17.8 Å². The molecule has 0 amide bonds. The van der Waals surface area contributed by atoms with Gasteiger partial charge in [-0.05, 0) is 6.92 Å². The summed E-state index contributed by atoms with van der Waals surface area (Å²) in [7, 11) is -3.24. The Kier molecular flexibility index (Phi) is 3.46. The van der Waals surface area contributed by atoms with Crippen LogP contribution in [0.25, 0.3) is 0 Å². The van der Waals surface area contributed by atoms with Crippen molar-refractivity contribution in [2.75, 3.05) is 4.66 Å². The van der Waals surface area contributed by atoms with E-state index in [2.05, 4.69) is 25.6 Å². The summed E-state index contributed by atoms with van der Waals surface area (Å²) >= 11 is 2.85. The van der Waals surface area contributed by atoms with E-state index < -0.39 is 10.0 Å². The van der Waals surface area contributed by atoms with Crippen molar-refractivity contribution in [2.24, 2.45) is 0 Å². The highest BCUT2D eigenvalue weighted by atomic mass is 79.9. The third-order valence-electron chi connectivity index (χ3n) is 1.26. The Morgan fingerprint density at radius 2 is 2.38 bits per heavy atom. The number of hydrogen-bond acceptors (Lipinski definition) is 4. The van der Waals surface area contributed by atoms with Gasteiger partial charge >= 0.3 is 0 Å². The largest absolute Gasteiger partial charge is 0.445 e. The molecular weight excluding hydrogens is 260 g/mol. The fourth-order valence-corrected chi connectivity index (χ4v) is 1.60. The van der Waals surface area contributed by atoms with Crippen molar-refractivity contribution in [3.8, 4) is 0 Å². The summed E-state index contributed by atoms with van der Waals surface area (Å²) in [5, 5.41) is 0. The molecule has 0 saturated heterocycles. The van der Waals surface area contributed by atoms with Crippen LogP contribution in [0.3, 0.4) is 0 Å². The van der Waals surface area contributed by atoms with Crippen LogP contribution in [0.5, 0.6) is 0 Å². The number of halogens is 1. The lowest BCUT2D eigenvalue weighted by molar-refractivity contribution is 0.464. The van der Waals surface area contributed by atoms with Gasteiger partial charge < -0.3 is 4.42 Å². The van der Waals surface area contributed by atoms with Gasteiger partial charge in [-0.2, -0.15) is 0 Å². The summed E-state index contributed by atoms with van der Waals surface area (Å²) in [5.74, 6) is 1.02. The molecule has 5 nitrogen and oxygen atoms in total. The number of aromatic nitrogens is 1. The molecule has 0 fully saturated rings. The number of rotatable bonds is 4. The average molecular weight is 269 g/mol. The predicted molar refractivity (Wildman–Crippen MR) is 50.8 cm³/mol. The van der Waals surface area contributed by atoms with Gasteiger partial charge in [0.2, 0.25) is 15.9 Å². The predicted octanol–water partition coefficient (Wildman–Crippen LogP) is 0.755. The number of alkyl halides is 1. The van der Waals surface area contributed by atoms with E-state index in [4.69, 9.17) is 4.42 Å². The molecule has 1 heterocycles. The van der Waals surface area contributed by atoms with Gasteiger partial charge in [0.15, 0.2) is 0 Å². The van der Waals surface area contributed by atoms with Crippen molar-refractivity contribution in [3.63, 3.8) is 0 Å². The van der Waals surface area contributed by atoms with Crippen LogP contribution in [0.15, 0.2) is 10.6 Å². The first-order chi connectivity index (χ1) is 6.03. The molecular formula is C6H9BrN2O3S. The van der Waals surface area contributed by atoms with Gasteiger partial charge in [-0.15, -0.1) is 0 Å². The molecule has 0 aliphatic heterocycles. The molecule has 1 N–H and O–H groups in total. The van der Waals surface area contributed by atoms with Crippen LogP contribution < -0.4 is 4.72 Å². The summed E-state index contributed by atoms with van der Waals surface area (Å²) in [4.78, 5) is 3.84. The van der Waals surface area contributed by atoms with Crippen molar-refractivity contribution in [1.82, 2.24) is 9.71 Å². The van der Waals surface area contributed by atoms with E-state index in [1.807, 2.05) is 0 Å². The van der Waals surface area contributed by atoms with E-state index >= 15 is 0 Å². The molecule has 13 heavy (non-hydrogen) atoms. The van der Waals surface area contributed by atoms with E-state index in [9.17, 15) is 8.42 Å². The molecule has 0 aromatic carbocycles. The van der Waals surface area contributed by atoms with Crippen LogP contribution in [0.1, 0.15) is 11.7 Å². The van der Waals surface area contributed by atoms with E-state index in [1.165, 1.54) is 6.20 Å². The summed E-state index contributed by atoms with van der Waals surface area (Å²) in [5.41, 5.74) is 0. The van der Waals surface area contributed by atoms with E-state index in [1.54, 1.807) is 6.92 Å². The molecule has 0 unspecified atom stereocenters. The fraction of sp³-hybridized carbons (Fsp3) is 0.500. The zero-order valence-corrected chi connectivity index (χ0v) is 9.35. The van der Waals surface area contributed by atoms with E-state index in [0.29, 0.717) is 11.7 Å². The third kappa shape index (κ3) is 3.45. The molecule has 74 valence electrons. The second-order valence-electron chi connectivity index (χ2n) is 2.41. The number of nitrogens with one attached hydrogen (secondary N) is 1. The first-order valence-corrected chi connectivity index (χ1v) is 6.25. The minimum absolute atomic E-state index is 0.0851. The zero-order chi connectivity index (χ0) is 9.90. The summed E-state index contributed by atoms with van der Waals surface area (Å²) in [6.45, 7) is 1.83. The van der Waals surface area contributed by atoms with Gasteiger partial charge in [0.25, 0.3) is 0 Å². The summed E-state index contributed by atoms with van der Waals surface area (Å²) in [6.07, 6.45) is 1.54. The summed E-state index contributed by atoms with van der Waals surface area (Å²) < 4.78 is 29.2. The zero-order valence-electron chi connectivity index (χ0n) is 6.95. The number of nitrogens with zero attached hydrogens (tertiary/aromatic N) is 1. The Balaban J connectivity index is 2.53. The first-order valence-electron chi connectivity index (χ1n) is 3.48. The lowest BCUT2D eigenvalue weighted by Gasteiger charge is -1.99. The summed E-state index contributed by atoms with van der Waals surface area (Å²) in [6, 6.07) is 0. The van der Waals surface area contributed by atoms with Crippen molar-refractivity contribution in [1.29, 1.82) is 0 Å². The van der Waals surface area contributed by atoms with Crippen LogP contribution >= 0.6 is 15.9 Å². The average Bonchev–Trinajstić information content (AvgIpc) is 2.48. The van der Waals surface area contributed by atoms with E-state index in [-0.39, 0.29) is 11.2 Å². The van der Waals surface area contributed by atoms with Crippen molar-refractivity contribution >= 4 is 26.0 Å². The maximum absolute atomic E-state index is 11.0. The first kappa shape index (κ1) is 10.7. The molecule has 0 saturated carbocycles. The molecule has 1 rings (SSSR count). The lowest BCUT2D eigenvalue weighted by atomic mass is 10.6. The third-order valence-corrected chi connectivity index (χ3v) is 3.94. The Morgan fingerprint density at radius 1 is 1.69 bits per heavy atom. The van der Waals surface area contributed by atoms with Crippen molar-refractivity contribution < 1.29 is 12.8 Å².